The first-order valence-electron chi connectivity index (χ1n) is 9.13. The van der Waals surface area contributed by atoms with Gasteiger partial charge in [0.05, 0.1) is 16.3 Å². The van der Waals surface area contributed by atoms with E-state index in [0.29, 0.717) is 4.88 Å². The van der Waals surface area contributed by atoms with Gasteiger partial charge in [-0.1, -0.05) is 25.1 Å². The van der Waals surface area contributed by atoms with Crippen molar-refractivity contribution >= 4 is 33.1 Å². The molecule has 0 bridgehead atoms. The number of aromatic nitrogens is 2. The summed E-state index contributed by atoms with van der Waals surface area (Å²) in [6, 6.07) is 14.1. The fourth-order valence-corrected chi connectivity index (χ4v) is 4.37. The first-order chi connectivity index (χ1) is 13.5. The summed E-state index contributed by atoms with van der Waals surface area (Å²) in [7, 11) is 0. The number of carbonyl (C=O) groups is 1. The molecular weight excluding hydrogens is 373 g/mol. The molecule has 6 heteroatoms. The minimum Gasteiger partial charge on any atom is -0.321 e. The molecule has 4 rings (SSSR count). The maximum atomic E-state index is 13.3. The smallest absolute Gasteiger partial charge is 0.265 e. The zero-order chi connectivity index (χ0) is 19.8. The van der Waals surface area contributed by atoms with Crippen LogP contribution in [0.2, 0.25) is 0 Å². The number of benzene rings is 2. The Bertz CT molecular complexity index is 1170. The van der Waals surface area contributed by atoms with Crippen molar-refractivity contribution in [2.24, 2.45) is 0 Å². The van der Waals surface area contributed by atoms with E-state index >= 15 is 0 Å². The molecule has 2 heterocycles. The number of anilines is 1. The number of amides is 1. The SMILES string of the molecule is CCc1cccc(C)c1NC(=O)c1cc2c(C)nn(-c3ccc(F)cc3)c2s1. The molecule has 2 aromatic heterocycles. The summed E-state index contributed by atoms with van der Waals surface area (Å²) < 4.78 is 15.0. The molecule has 0 aliphatic carbocycles. The molecule has 1 N–H and O–H groups in total. The molecule has 0 radical (unpaired) electrons. The summed E-state index contributed by atoms with van der Waals surface area (Å²) in [5.74, 6) is -0.421. The Kier molecular flexibility index (Phi) is 4.73. The van der Waals surface area contributed by atoms with Crippen molar-refractivity contribution < 1.29 is 9.18 Å². The number of nitrogens with zero attached hydrogens (tertiary/aromatic N) is 2. The van der Waals surface area contributed by atoms with Crippen molar-refractivity contribution in [1.29, 1.82) is 0 Å². The van der Waals surface area contributed by atoms with Gasteiger partial charge in [-0.25, -0.2) is 9.07 Å². The number of carbonyl (C=O) groups excluding carboxylic acids is 1. The van der Waals surface area contributed by atoms with Crippen LogP contribution in [0.15, 0.2) is 48.5 Å². The first-order valence-corrected chi connectivity index (χ1v) is 9.94. The maximum Gasteiger partial charge on any atom is 0.265 e. The van der Waals surface area contributed by atoms with Crippen LogP contribution in [0.3, 0.4) is 0 Å². The predicted octanol–water partition coefficient (Wildman–Crippen LogP) is 5.66. The van der Waals surface area contributed by atoms with E-state index in [1.54, 1.807) is 16.8 Å². The van der Waals surface area contributed by atoms with Crippen LogP contribution in [0.5, 0.6) is 0 Å². The molecule has 0 aliphatic rings. The van der Waals surface area contributed by atoms with Gasteiger partial charge in [0.1, 0.15) is 10.6 Å². The first kappa shape index (κ1) is 18.4. The number of hydrogen-bond donors (Lipinski definition) is 1. The third kappa shape index (κ3) is 3.20. The van der Waals surface area contributed by atoms with Crippen molar-refractivity contribution in [3.8, 4) is 5.69 Å². The molecule has 0 spiro atoms. The summed E-state index contributed by atoms with van der Waals surface area (Å²) in [5, 5.41) is 8.55. The lowest BCUT2D eigenvalue weighted by atomic mass is 10.1. The van der Waals surface area contributed by atoms with Crippen LogP contribution in [0, 0.1) is 19.7 Å². The number of hydrogen-bond acceptors (Lipinski definition) is 3. The predicted molar refractivity (Wildman–Crippen MR) is 112 cm³/mol. The van der Waals surface area contributed by atoms with Crippen LogP contribution in [-0.2, 0) is 6.42 Å². The molecule has 4 aromatic rings. The quantitative estimate of drug-likeness (QED) is 0.486. The highest BCUT2D eigenvalue weighted by atomic mass is 32.1. The molecule has 0 saturated heterocycles. The van der Waals surface area contributed by atoms with Crippen molar-refractivity contribution in [3.05, 3.63) is 76.0 Å². The third-order valence-electron chi connectivity index (χ3n) is 4.82. The van der Waals surface area contributed by atoms with Crippen LogP contribution in [0.25, 0.3) is 15.9 Å². The second kappa shape index (κ2) is 7.20. The van der Waals surface area contributed by atoms with E-state index in [0.717, 1.165) is 44.8 Å². The highest BCUT2D eigenvalue weighted by molar-refractivity contribution is 7.20. The lowest BCUT2D eigenvalue weighted by Crippen LogP contribution is -2.13. The number of aryl methyl sites for hydroxylation is 3. The van der Waals surface area contributed by atoms with Gasteiger partial charge >= 0.3 is 0 Å². The van der Waals surface area contributed by atoms with E-state index in [1.165, 1.54) is 23.5 Å². The van der Waals surface area contributed by atoms with Gasteiger partial charge in [-0.05, 0) is 61.7 Å². The van der Waals surface area contributed by atoms with E-state index in [1.807, 2.05) is 38.1 Å². The van der Waals surface area contributed by atoms with Crippen molar-refractivity contribution in [2.45, 2.75) is 27.2 Å². The molecule has 0 aliphatic heterocycles. The van der Waals surface area contributed by atoms with Gasteiger partial charge in [0, 0.05) is 11.1 Å². The zero-order valence-electron chi connectivity index (χ0n) is 15.9. The van der Waals surface area contributed by atoms with Gasteiger partial charge in [-0.3, -0.25) is 4.79 Å². The lowest BCUT2D eigenvalue weighted by molar-refractivity contribution is 0.103. The summed E-state index contributed by atoms with van der Waals surface area (Å²) in [5.41, 5.74) is 4.63. The average Bonchev–Trinajstić information content (AvgIpc) is 3.25. The molecule has 0 atom stereocenters. The van der Waals surface area contributed by atoms with Crippen molar-refractivity contribution in [1.82, 2.24) is 9.78 Å². The number of thiophene rings is 1. The Morgan fingerprint density at radius 1 is 1.18 bits per heavy atom. The number of para-hydroxylation sites is 1. The Morgan fingerprint density at radius 2 is 1.93 bits per heavy atom. The van der Waals surface area contributed by atoms with Gasteiger partial charge in [0.2, 0.25) is 0 Å². The Morgan fingerprint density at radius 3 is 2.64 bits per heavy atom. The second-order valence-corrected chi connectivity index (χ2v) is 7.75. The maximum absolute atomic E-state index is 13.3. The highest BCUT2D eigenvalue weighted by Gasteiger charge is 2.18. The van der Waals surface area contributed by atoms with Gasteiger partial charge in [0.25, 0.3) is 5.91 Å². The van der Waals surface area contributed by atoms with Gasteiger partial charge < -0.3 is 5.32 Å². The second-order valence-electron chi connectivity index (χ2n) is 6.72. The largest absolute Gasteiger partial charge is 0.321 e. The number of rotatable bonds is 4. The summed E-state index contributed by atoms with van der Waals surface area (Å²) in [6.07, 6.45) is 0.850. The molecule has 0 fully saturated rings. The van der Waals surface area contributed by atoms with E-state index in [9.17, 15) is 9.18 Å². The number of nitrogens with one attached hydrogen (secondary N) is 1. The Hall–Kier alpha value is -2.99. The van der Waals surface area contributed by atoms with Gasteiger partial charge in [-0.2, -0.15) is 5.10 Å². The highest BCUT2D eigenvalue weighted by Crippen LogP contribution is 2.31. The van der Waals surface area contributed by atoms with Crippen molar-refractivity contribution in [3.63, 3.8) is 0 Å². The molecular formula is C22H20FN3OS. The summed E-state index contributed by atoms with van der Waals surface area (Å²) >= 11 is 1.39. The van der Waals surface area contributed by atoms with Gasteiger partial charge in [0.15, 0.2) is 0 Å². The molecule has 28 heavy (non-hydrogen) atoms. The van der Waals surface area contributed by atoms with Crippen LogP contribution in [0.1, 0.15) is 33.4 Å². The minimum atomic E-state index is -0.292. The lowest BCUT2D eigenvalue weighted by Gasteiger charge is -2.12. The summed E-state index contributed by atoms with van der Waals surface area (Å²) in [4.78, 5) is 14.4. The Labute approximate surface area is 166 Å². The topological polar surface area (TPSA) is 46.9 Å². The molecule has 4 nitrogen and oxygen atoms in total. The van der Waals surface area contributed by atoms with E-state index in [2.05, 4.69) is 17.3 Å². The monoisotopic (exact) mass is 393 g/mol. The molecule has 142 valence electrons. The normalized spacial score (nSPS) is 11.1. The van der Waals surface area contributed by atoms with Crippen molar-refractivity contribution in [2.75, 3.05) is 5.32 Å². The van der Waals surface area contributed by atoms with Gasteiger partial charge in [-0.15, -0.1) is 11.3 Å². The Balaban J connectivity index is 1.72. The summed E-state index contributed by atoms with van der Waals surface area (Å²) in [6.45, 7) is 5.98. The molecule has 0 saturated carbocycles. The van der Waals surface area contributed by atoms with Crippen LogP contribution in [-0.4, -0.2) is 15.7 Å². The van der Waals surface area contributed by atoms with E-state index in [4.69, 9.17) is 0 Å². The fraction of sp³-hybridized carbons (Fsp3) is 0.182. The van der Waals surface area contributed by atoms with E-state index < -0.39 is 0 Å². The van der Waals surface area contributed by atoms with Crippen LogP contribution < -0.4 is 5.32 Å². The molecule has 2 aromatic carbocycles. The minimum absolute atomic E-state index is 0.129. The molecule has 1 amide bonds. The number of fused-ring (bicyclic) bond motifs is 1. The van der Waals surface area contributed by atoms with Crippen LogP contribution >= 0.6 is 11.3 Å². The third-order valence-corrected chi connectivity index (χ3v) is 5.93. The van der Waals surface area contributed by atoms with Crippen LogP contribution in [0.4, 0.5) is 10.1 Å². The standard InChI is InChI=1S/C22H20FN3OS/c1-4-15-7-5-6-13(2)20(15)24-21(27)19-12-18-14(3)25-26(22(18)28-19)17-10-8-16(23)9-11-17/h5-12H,4H2,1-3H3,(H,24,27). The average molecular weight is 393 g/mol. The van der Waals surface area contributed by atoms with E-state index in [-0.39, 0.29) is 11.7 Å². The fourth-order valence-electron chi connectivity index (χ4n) is 3.29. The zero-order valence-corrected chi connectivity index (χ0v) is 16.7. The molecule has 0 unspecified atom stereocenters. The number of halogens is 1.